The number of nitrogens with zero attached hydrogens (tertiary/aromatic N) is 2. The van der Waals surface area contributed by atoms with Gasteiger partial charge in [0.1, 0.15) is 5.82 Å². The first-order chi connectivity index (χ1) is 9.97. The SMILES string of the molecule is CN(C)c1ccc(C(=O)NCC2CCC(C(=O)O)O2)cn1. The van der Waals surface area contributed by atoms with Crippen LogP contribution in [0.3, 0.4) is 0 Å². The summed E-state index contributed by atoms with van der Waals surface area (Å²) < 4.78 is 5.32. The minimum Gasteiger partial charge on any atom is -0.479 e. The highest BCUT2D eigenvalue weighted by molar-refractivity contribution is 5.94. The van der Waals surface area contributed by atoms with Gasteiger partial charge in [-0.2, -0.15) is 0 Å². The molecule has 1 fully saturated rings. The molecule has 0 aromatic carbocycles. The molecule has 1 aromatic rings. The fourth-order valence-corrected chi connectivity index (χ4v) is 2.13. The molecule has 2 heterocycles. The van der Waals surface area contributed by atoms with Crippen molar-refractivity contribution in [2.24, 2.45) is 0 Å². The number of carboxylic acids is 1. The predicted octanol–water partition coefficient (Wildman–Crippen LogP) is 0.510. The summed E-state index contributed by atoms with van der Waals surface area (Å²) in [6.07, 6.45) is 1.63. The van der Waals surface area contributed by atoms with Crippen molar-refractivity contribution in [2.75, 3.05) is 25.5 Å². The molecule has 21 heavy (non-hydrogen) atoms. The number of carbonyl (C=O) groups excluding carboxylic acids is 1. The Kier molecular flexibility index (Phi) is 4.74. The highest BCUT2D eigenvalue weighted by atomic mass is 16.5. The van der Waals surface area contributed by atoms with Crippen molar-refractivity contribution in [2.45, 2.75) is 25.0 Å². The van der Waals surface area contributed by atoms with E-state index >= 15 is 0 Å². The summed E-state index contributed by atoms with van der Waals surface area (Å²) in [4.78, 5) is 28.7. The molecule has 1 aliphatic rings. The molecule has 2 rings (SSSR count). The van der Waals surface area contributed by atoms with Gasteiger partial charge in [0.05, 0.1) is 11.7 Å². The lowest BCUT2D eigenvalue weighted by atomic mass is 10.2. The van der Waals surface area contributed by atoms with Gasteiger partial charge in [0.15, 0.2) is 6.10 Å². The lowest BCUT2D eigenvalue weighted by Gasteiger charge is -2.13. The Bertz CT molecular complexity index is 515. The largest absolute Gasteiger partial charge is 0.479 e. The number of nitrogens with one attached hydrogen (secondary N) is 1. The van der Waals surface area contributed by atoms with Gasteiger partial charge in [-0.1, -0.05) is 0 Å². The molecule has 0 aliphatic carbocycles. The average Bonchev–Trinajstić information content (AvgIpc) is 2.94. The third-order valence-corrected chi connectivity index (χ3v) is 3.34. The summed E-state index contributed by atoms with van der Waals surface area (Å²) in [6, 6.07) is 3.47. The van der Waals surface area contributed by atoms with Gasteiger partial charge in [0, 0.05) is 26.8 Å². The number of hydrogen-bond donors (Lipinski definition) is 2. The first kappa shape index (κ1) is 15.2. The molecule has 1 saturated heterocycles. The highest BCUT2D eigenvalue weighted by Gasteiger charge is 2.30. The van der Waals surface area contributed by atoms with Crippen LogP contribution >= 0.6 is 0 Å². The van der Waals surface area contributed by atoms with E-state index in [0.717, 1.165) is 5.82 Å². The minimum absolute atomic E-state index is 0.241. The van der Waals surface area contributed by atoms with Gasteiger partial charge in [-0.3, -0.25) is 4.79 Å². The molecule has 0 spiro atoms. The zero-order chi connectivity index (χ0) is 15.4. The summed E-state index contributed by atoms with van der Waals surface area (Å²) in [6.45, 7) is 0.304. The molecule has 2 N–H and O–H groups in total. The fourth-order valence-electron chi connectivity index (χ4n) is 2.13. The van der Waals surface area contributed by atoms with Crippen LogP contribution in [0.25, 0.3) is 0 Å². The van der Waals surface area contributed by atoms with Crippen molar-refractivity contribution in [1.29, 1.82) is 0 Å². The van der Waals surface area contributed by atoms with Crippen LogP contribution in [0.15, 0.2) is 18.3 Å². The Balaban J connectivity index is 1.83. The number of pyridine rings is 1. The van der Waals surface area contributed by atoms with E-state index in [2.05, 4.69) is 10.3 Å². The molecule has 1 amide bonds. The summed E-state index contributed by atoms with van der Waals surface area (Å²) in [5, 5.41) is 11.6. The maximum atomic E-state index is 12.0. The molecule has 2 atom stereocenters. The van der Waals surface area contributed by atoms with Crippen LogP contribution in [0.2, 0.25) is 0 Å². The second-order valence-corrected chi connectivity index (χ2v) is 5.17. The second-order valence-electron chi connectivity index (χ2n) is 5.17. The van der Waals surface area contributed by atoms with E-state index in [1.54, 1.807) is 12.1 Å². The van der Waals surface area contributed by atoms with E-state index in [1.165, 1.54) is 6.20 Å². The molecular weight excluding hydrogens is 274 g/mol. The Hall–Kier alpha value is -2.15. The molecule has 0 saturated carbocycles. The number of carbonyl (C=O) groups is 2. The molecule has 7 nitrogen and oxygen atoms in total. The molecular formula is C14H19N3O4. The number of carboxylic acid groups (broad SMARTS) is 1. The van der Waals surface area contributed by atoms with Crippen LogP contribution in [-0.2, 0) is 9.53 Å². The average molecular weight is 293 g/mol. The molecule has 1 aromatic heterocycles. The number of aliphatic carboxylic acids is 1. The van der Waals surface area contributed by atoms with Crippen LogP contribution in [-0.4, -0.2) is 54.8 Å². The Labute approximate surface area is 122 Å². The number of ether oxygens (including phenoxy) is 1. The summed E-state index contributed by atoms with van der Waals surface area (Å²) in [5.74, 6) is -0.419. The van der Waals surface area contributed by atoms with Gasteiger partial charge in [-0.05, 0) is 25.0 Å². The van der Waals surface area contributed by atoms with Crippen LogP contribution in [0.1, 0.15) is 23.2 Å². The van der Waals surface area contributed by atoms with E-state index in [1.807, 2.05) is 19.0 Å². The van der Waals surface area contributed by atoms with Crippen molar-refractivity contribution in [3.05, 3.63) is 23.9 Å². The van der Waals surface area contributed by atoms with E-state index in [4.69, 9.17) is 9.84 Å². The first-order valence-electron chi connectivity index (χ1n) is 6.77. The quantitative estimate of drug-likeness (QED) is 0.822. The summed E-state index contributed by atoms with van der Waals surface area (Å²) in [7, 11) is 3.75. The van der Waals surface area contributed by atoms with Crippen molar-refractivity contribution in [3.63, 3.8) is 0 Å². The Morgan fingerprint density at radius 2 is 2.19 bits per heavy atom. The highest BCUT2D eigenvalue weighted by Crippen LogP contribution is 2.19. The number of aromatic nitrogens is 1. The van der Waals surface area contributed by atoms with Crippen LogP contribution in [0.4, 0.5) is 5.82 Å². The third kappa shape index (κ3) is 3.91. The van der Waals surface area contributed by atoms with Crippen molar-refractivity contribution in [3.8, 4) is 0 Å². The topological polar surface area (TPSA) is 91.8 Å². The van der Waals surface area contributed by atoms with Crippen LogP contribution < -0.4 is 10.2 Å². The fraction of sp³-hybridized carbons (Fsp3) is 0.500. The molecule has 7 heteroatoms. The van der Waals surface area contributed by atoms with E-state index in [0.29, 0.717) is 24.9 Å². The van der Waals surface area contributed by atoms with Gasteiger partial charge in [-0.25, -0.2) is 9.78 Å². The monoisotopic (exact) mass is 293 g/mol. The lowest BCUT2D eigenvalue weighted by Crippen LogP contribution is -2.33. The van der Waals surface area contributed by atoms with Crippen molar-refractivity contribution < 1.29 is 19.4 Å². The Morgan fingerprint density at radius 1 is 1.43 bits per heavy atom. The van der Waals surface area contributed by atoms with Gasteiger partial charge >= 0.3 is 5.97 Å². The normalized spacial score (nSPS) is 21.0. The summed E-state index contributed by atoms with van der Waals surface area (Å²) >= 11 is 0. The molecule has 1 aliphatic heterocycles. The maximum Gasteiger partial charge on any atom is 0.332 e. The van der Waals surface area contributed by atoms with Crippen molar-refractivity contribution in [1.82, 2.24) is 10.3 Å². The minimum atomic E-state index is -0.952. The predicted molar refractivity (Wildman–Crippen MR) is 76.4 cm³/mol. The van der Waals surface area contributed by atoms with Crippen molar-refractivity contribution >= 4 is 17.7 Å². The number of rotatable bonds is 5. The Morgan fingerprint density at radius 3 is 2.71 bits per heavy atom. The summed E-state index contributed by atoms with van der Waals surface area (Å²) in [5.41, 5.74) is 0.466. The third-order valence-electron chi connectivity index (χ3n) is 3.34. The van der Waals surface area contributed by atoms with Gasteiger partial charge in [0.25, 0.3) is 5.91 Å². The van der Waals surface area contributed by atoms with E-state index < -0.39 is 12.1 Å². The van der Waals surface area contributed by atoms with Crippen LogP contribution in [0, 0.1) is 0 Å². The smallest absolute Gasteiger partial charge is 0.332 e. The number of hydrogen-bond acceptors (Lipinski definition) is 5. The van der Waals surface area contributed by atoms with Gasteiger partial charge in [0.2, 0.25) is 0 Å². The second kappa shape index (κ2) is 6.53. The van der Waals surface area contributed by atoms with Gasteiger partial charge in [-0.15, -0.1) is 0 Å². The van der Waals surface area contributed by atoms with Crippen LogP contribution in [0.5, 0.6) is 0 Å². The standard InChI is InChI=1S/C14H19N3O4/c1-17(2)12-6-3-9(7-15-12)13(18)16-8-10-4-5-11(21-10)14(19)20/h3,6-7,10-11H,4-5,8H2,1-2H3,(H,16,18)(H,19,20). The number of anilines is 1. The van der Waals surface area contributed by atoms with E-state index in [-0.39, 0.29) is 12.0 Å². The zero-order valence-electron chi connectivity index (χ0n) is 12.1. The molecule has 0 radical (unpaired) electrons. The lowest BCUT2D eigenvalue weighted by molar-refractivity contribution is -0.149. The number of amides is 1. The zero-order valence-corrected chi connectivity index (χ0v) is 12.1. The first-order valence-corrected chi connectivity index (χ1v) is 6.77. The molecule has 0 bridgehead atoms. The van der Waals surface area contributed by atoms with E-state index in [9.17, 15) is 9.59 Å². The molecule has 114 valence electrons. The maximum absolute atomic E-state index is 12.0. The van der Waals surface area contributed by atoms with Gasteiger partial charge < -0.3 is 20.1 Å². The molecule has 2 unspecified atom stereocenters.